The largest absolute Gasteiger partial charge is 0.384 e. The van der Waals surface area contributed by atoms with E-state index in [1.807, 2.05) is 6.07 Å². The monoisotopic (exact) mass is 373 g/mol. The van der Waals surface area contributed by atoms with Gasteiger partial charge in [0, 0.05) is 36.7 Å². The van der Waals surface area contributed by atoms with Crippen molar-refractivity contribution in [3.63, 3.8) is 0 Å². The van der Waals surface area contributed by atoms with Crippen molar-refractivity contribution in [1.82, 2.24) is 4.90 Å². The average Bonchev–Trinajstić information content (AvgIpc) is 2.46. The van der Waals surface area contributed by atoms with Gasteiger partial charge < -0.3 is 9.64 Å². The average molecular weight is 375 g/mol. The molecular formula is C16H21BrClNO2. The molecule has 2 rings (SSSR count). The number of carbonyl (C=O) groups excluding carboxylic acids is 1. The molecule has 0 atom stereocenters. The maximum atomic E-state index is 12.2. The van der Waals surface area contributed by atoms with Crippen LogP contribution in [0, 0.1) is 5.92 Å². The number of piperidine rings is 1. The highest BCUT2D eigenvalue weighted by atomic mass is 79.9. The standard InChI is InChI=1S/C16H21BrClNO2/c1-21-11-12-4-7-19(8-5-12)9-6-16(20)14-3-2-13(17)10-15(14)18/h2-3,10,12H,4-9,11H2,1H3. The summed E-state index contributed by atoms with van der Waals surface area (Å²) in [5, 5.41) is 0.521. The third kappa shape index (κ3) is 5.06. The number of halogens is 2. The fourth-order valence-corrected chi connectivity index (χ4v) is 3.50. The summed E-state index contributed by atoms with van der Waals surface area (Å²) >= 11 is 9.47. The van der Waals surface area contributed by atoms with E-state index < -0.39 is 0 Å². The highest BCUT2D eigenvalue weighted by molar-refractivity contribution is 9.10. The first kappa shape index (κ1) is 16.9. The number of ketones is 1. The highest BCUT2D eigenvalue weighted by Crippen LogP contribution is 2.23. The lowest BCUT2D eigenvalue weighted by Gasteiger charge is -2.31. The Morgan fingerprint density at radius 2 is 2.14 bits per heavy atom. The smallest absolute Gasteiger partial charge is 0.165 e. The zero-order valence-corrected chi connectivity index (χ0v) is 14.6. The van der Waals surface area contributed by atoms with Crippen LogP contribution in [0.4, 0.5) is 0 Å². The highest BCUT2D eigenvalue weighted by Gasteiger charge is 2.20. The van der Waals surface area contributed by atoms with E-state index in [1.165, 1.54) is 0 Å². The molecule has 0 radical (unpaired) electrons. The lowest BCUT2D eigenvalue weighted by atomic mass is 9.97. The number of nitrogens with zero attached hydrogens (tertiary/aromatic N) is 1. The van der Waals surface area contributed by atoms with Crippen LogP contribution in [0.25, 0.3) is 0 Å². The second-order valence-electron chi connectivity index (χ2n) is 5.54. The molecule has 1 heterocycles. The van der Waals surface area contributed by atoms with Gasteiger partial charge in [0.2, 0.25) is 0 Å². The van der Waals surface area contributed by atoms with Gasteiger partial charge in [-0.05, 0) is 50.0 Å². The fraction of sp³-hybridized carbons (Fsp3) is 0.562. The number of rotatable bonds is 6. The van der Waals surface area contributed by atoms with Crippen LogP contribution in [0.2, 0.25) is 5.02 Å². The van der Waals surface area contributed by atoms with E-state index in [1.54, 1.807) is 19.2 Å². The number of benzene rings is 1. The third-order valence-corrected chi connectivity index (χ3v) is 4.80. The Bertz CT molecular complexity index is 487. The summed E-state index contributed by atoms with van der Waals surface area (Å²) in [6, 6.07) is 5.42. The van der Waals surface area contributed by atoms with Gasteiger partial charge in [0.15, 0.2) is 5.78 Å². The van der Waals surface area contributed by atoms with Gasteiger partial charge in [-0.2, -0.15) is 0 Å². The van der Waals surface area contributed by atoms with Gasteiger partial charge >= 0.3 is 0 Å². The maximum Gasteiger partial charge on any atom is 0.165 e. The first-order chi connectivity index (χ1) is 10.1. The van der Waals surface area contributed by atoms with Crippen LogP contribution in [0.15, 0.2) is 22.7 Å². The van der Waals surface area contributed by atoms with Gasteiger partial charge in [0.25, 0.3) is 0 Å². The summed E-state index contributed by atoms with van der Waals surface area (Å²) < 4.78 is 6.10. The molecule has 3 nitrogen and oxygen atoms in total. The van der Waals surface area contributed by atoms with Crippen LogP contribution < -0.4 is 0 Å². The number of ether oxygens (including phenoxy) is 1. The molecule has 1 saturated heterocycles. The van der Waals surface area contributed by atoms with Crippen LogP contribution in [0.5, 0.6) is 0 Å². The van der Waals surface area contributed by atoms with Crippen LogP contribution >= 0.6 is 27.5 Å². The summed E-state index contributed by atoms with van der Waals surface area (Å²) in [6.45, 7) is 3.76. The number of hydrogen-bond donors (Lipinski definition) is 0. The summed E-state index contributed by atoms with van der Waals surface area (Å²) in [5.74, 6) is 0.786. The van der Waals surface area contributed by atoms with E-state index >= 15 is 0 Å². The van der Waals surface area contributed by atoms with Gasteiger partial charge in [-0.3, -0.25) is 4.79 Å². The summed E-state index contributed by atoms with van der Waals surface area (Å²) in [6.07, 6.45) is 2.83. The molecule has 1 aromatic rings. The van der Waals surface area contributed by atoms with Crippen molar-refractivity contribution < 1.29 is 9.53 Å². The summed E-state index contributed by atoms with van der Waals surface area (Å²) in [4.78, 5) is 14.6. The van der Waals surface area contributed by atoms with Crippen molar-refractivity contribution in [2.75, 3.05) is 33.4 Å². The van der Waals surface area contributed by atoms with Gasteiger partial charge in [-0.25, -0.2) is 0 Å². The normalized spacial score (nSPS) is 17.1. The molecule has 1 aliphatic heterocycles. The molecule has 0 unspecified atom stereocenters. The molecule has 1 aromatic carbocycles. The second-order valence-corrected chi connectivity index (χ2v) is 6.86. The Labute approximate surface area is 139 Å². The topological polar surface area (TPSA) is 29.5 Å². The predicted octanol–water partition coefficient (Wildman–Crippen LogP) is 4.03. The van der Waals surface area contributed by atoms with Crippen LogP contribution in [-0.4, -0.2) is 44.0 Å². The first-order valence-corrected chi connectivity index (χ1v) is 8.46. The zero-order valence-electron chi connectivity index (χ0n) is 12.3. The van der Waals surface area contributed by atoms with Crippen LogP contribution in [0.3, 0.4) is 0 Å². The molecule has 0 N–H and O–H groups in total. The van der Waals surface area contributed by atoms with Crippen LogP contribution in [0.1, 0.15) is 29.6 Å². The molecule has 0 aromatic heterocycles. The lowest BCUT2D eigenvalue weighted by molar-refractivity contribution is 0.0883. The molecule has 0 amide bonds. The zero-order chi connectivity index (χ0) is 15.2. The first-order valence-electron chi connectivity index (χ1n) is 7.29. The van der Waals surface area contributed by atoms with Gasteiger partial charge in [0.05, 0.1) is 5.02 Å². The minimum Gasteiger partial charge on any atom is -0.384 e. The Balaban J connectivity index is 1.79. The molecular weight excluding hydrogens is 354 g/mol. The molecule has 0 saturated carbocycles. The van der Waals surface area contributed by atoms with Crippen LogP contribution in [-0.2, 0) is 4.74 Å². The van der Waals surface area contributed by atoms with E-state index in [0.29, 0.717) is 22.9 Å². The van der Waals surface area contributed by atoms with Gasteiger partial charge in [-0.1, -0.05) is 27.5 Å². The van der Waals surface area contributed by atoms with E-state index in [9.17, 15) is 4.79 Å². The Kier molecular flexibility index (Phi) is 6.68. The SMILES string of the molecule is COCC1CCN(CCC(=O)c2ccc(Br)cc2Cl)CC1. The molecule has 0 bridgehead atoms. The molecule has 21 heavy (non-hydrogen) atoms. The van der Waals surface area contributed by atoms with E-state index in [4.69, 9.17) is 16.3 Å². The molecule has 1 fully saturated rings. The molecule has 116 valence electrons. The third-order valence-electron chi connectivity index (χ3n) is 4.00. The van der Waals surface area contributed by atoms with Crippen molar-refractivity contribution >= 4 is 33.3 Å². The molecule has 0 spiro atoms. The number of carbonyl (C=O) groups is 1. The number of hydrogen-bond acceptors (Lipinski definition) is 3. The van der Waals surface area contributed by atoms with Gasteiger partial charge in [-0.15, -0.1) is 0 Å². The molecule has 5 heteroatoms. The van der Waals surface area contributed by atoms with Crippen molar-refractivity contribution in [3.05, 3.63) is 33.3 Å². The number of methoxy groups -OCH3 is 1. The van der Waals surface area contributed by atoms with Crippen molar-refractivity contribution in [1.29, 1.82) is 0 Å². The summed E-state index contributed by atoms with van der Waals surface area (Å²) in [5.41, 5.74) is 0.620. The predicted molar refractivity (Wildman–Crippen MR) is 89.1 cm³/mol. The lowest BCUT2D eigenvalue weighted by Crippen LogP contribution is -2.36. The molecule has 0 aliphatic carbocycles. The fourth-order valence-electron chi connectivity index (χ4n) is 2.72. The van der Waals surface area contributed by atoms with Gasteiger partial charge in [0.1, 0.15) is 0 Å². The van der Waals surface area contributed by atoms with Crippen molar-refractivity contribution in [3.8, 4) is 0 Å². The van der Waals surface area contributed by atoms with E-state index in [0.717, 1.165) is 43.6 Å². The second kappa shape index (κ2) is 8.28. The Morgan fingerprint density at radius 3 is 2.76 bits per heavy atom. The van der Waals surface area contributed by atoms with E-state index in [-0.39, 0.29) is 5.78 Å². The van der Waals surface area contributed by atoms with Crippen molar-refractivity contribution in [2.45, 2.75) is 19.3 Å². The quantitative estimate of drug-likeness (QED) is 0.704. The van der Waals surface area contributed by atoms with Crippen molar-refractivity contribution in [2.24, 2.45) is 5.92 Å². The Morgan fingerprint density at radius 1 is 1.43 bits per heavy atom. The Hall–Kier alpha value is -0.420. The number of Topliss-reactive ketones (excluding diaryl/α,β-unsaturated/α-hetero) is 1. The van der Waals surface area contributed by atoms with E-state index in [2.05, 4.69) is 20.8 Å². The minimum atomic E-state index is 0.117. The molecule has 1 aliphatic rings. The maximum absolute atomic E-state index is 12.2. The minimum absolute atomic E-state index is 0.117. The summed E-state index contributed by atoms with van der Waals surface area (Å²) in [7, 11) is 1.76. The number of likely N-dealkylation sites (tertiary alicyclic amines) is 1.